The molecule has 0 bridgehead atoms. The van der Waals surface area contributed by atoms with Gasteiger partial charge in [-0.2, -0.15) is 5.10 Å². The molecular weight excluding hydrogens is 509 g/mol. The first-order valence-corrected chi connectivity index (χ1v) is 14.0. The molecule has 2 saturated heterocycles. The number of nitrogens with zero attached hydrogens (tertiary/aromatic N) is 5. The Hall–Kier alpha value is -3.88. The standard InChI is InChI=1S/C31H38FN5O3/c1-22-9-11-24(12-10-22)37-28(23-13-15-36(16-14-23)30(39)40-31(2,3)4)25(21-33-37)29(38)35-19-17-34(18-20-35)27-8-6-5-7-26(27)32/h5-12,21,23H,13-20H2,1-4H3. The Morgan fingerprint density at radius 1 is 0.900 bits per heavy atom. The zero-order chi connectivity index (χ0) is 28.4. The van der Waals surface area contributed by atoms with Gasteiger partial charge in [0, 0.05) is 45.2 Å². The summed E-state index contributed by atoms with van der Waals surface area (Å²) in [6, 6.07) is 14.9. The number of hydrogen-bond donors (Lipinski definition) is 0. The smallest absolute Gasteiger partial charge is 0.410 e. The van der Waals surface area contributed by atoms with Crippen molar-refractivity contribution in [1.82, 2.24) is 19.6 Å². The van der Waals surface area contributed by atoms with Crippen molar-refractivity contribution in [3.63, 3.8) is 0 Å². The van der Waals surface area contributed by atoms with Crippen LogP contribution in [-0.4, -0.2) is 76.5 Å². The zero-order valence-corrected chi connectivity index (χ0v) is 23.8. The van der Waals surface area contributed by atoms with Crippen LogP contribution in [0.25, 0.3) is 5.69 Å². The molecule has 212 valence electrons. The Bertz CT molecular complexity index is 1350. The molecule has 8 nitrogen and oxygen atoms in total. The summed E-state index contributed by atoms with van der Waals surface area (Å²) in [5.41, 5.74) is 3.54. The number of para-hydroxylation sites is 1. The lowest BCUT2D eigenvalue weighted by molar-refractivity contribution is 0.0203. The number of aryl methyl sites for hydroxylation is 1. The third-order valence-electron chi connectivity index (χ3n) is 7.61. The minimum Gasteiger partial charge on any atom is -0.444 e. The molecule has 2 aromatic carbocycles. The lowest BCUT2D eigenvalue weighted by Crippen LogP contribution is -2.49. The lowest BCUT2D eigenvalue weighted by Gasteiger charge is -2.37. The van der Waals surface area contributed by atoms with Gasteiger partial charge in [-0.15, -0.1) is 0 Å². The number of rotatable bonds is 4. The number of piperidine rings is 1. The summed E-state index contributed by atoms with van der Waals surface area (Å²) in [5, 5.41) is 4.69. The number of likely N-dealkylation sites (tertiary alicyclic amines) is 1. The van der Waals surface area contributed by atoms with Gasteiger partial charge in [0.2, 0.25) is 0 Å². The van der Waals surface area contributed by atoms with E-state index < -0.39 is 5.60 Å². The van der Waals surface area contributed by atoms with E-state index in [0.29, 0.717) is 63.4 Å². The van der Waals surface area contributed by atoms with Gasteiger partial charge < -0.3 is 19.4 Å². The number of ether oxygens (including phenoxy) is 1. The minimum absolute atomic E-state index is 0.0566. The highest BCUT2D eigenvalue weighted by atomic mass is 19.1. The molecule has 3 heterocycles. The molecule has 5 rings (SSSR count). The van der Waals surface area contributed by atoms with Crippen molar-refractivity contribution < 1.29 is 18.7 Å². The SMILES string of the molecule is Cc1ccc(-n2ncc(C(=O)N3CCN(c4ccccc4F)CC3)c2C2CCN(C(=O)OC(C)(C)C)CC2)cc1. The van der Waals surface area contributed by atoms with Gasteiger partial charge in [0.25, 0.3) is 5.91 Å². The van der Waals surface area contributed by atoms with Gasteiger partial charge in [0.05, 0.1) is 28.8 Å². The molecule has 0 aliphatic carbocycles. The third kappa shape index (κ3) is 5.98. The van der Waals surface area contributed by atoms with Crippen molar-refractivity contribution in [1.29, 1.82) is 0 Å². The van der Waals surface area contributed by atoms with Crippen molar-refractivity contribution in [2.24, 2.45) is 0 Å². The maximum absolute atomic E-state index is 14.3. The van der Waals surface area contributed by atoms with Gasteiger partial charge >= 0.3 is 6.09 Å². The summed E-state index contributed by atoms with van der Waals surface area (Å²) in [6.07, 6.45) is 2.79. The van der Waals surface area contributed by atoms with Crippen LogP contribution in [0.4, 0.5) is 14.9 Å². The molecule has 40 heavy (non-hydrogen) atoms. The summed E-state index contributed by atoms with van der Waals surface area (Å²) in [6.45, 7) is 10.9. The van der Waals surface area contributed by atoms with Crippen LogP contribution in [0.1, 0.15) is 61.1 Å². The van der Waals surface area contributed by atoms with Crippen molar-refractivity contribution in [2.75, 3.05) is 44.2 Å². The van der Waals surface area contributed by atoms with Crippen molar-refractivity contribution >= 4 is 17.7 Å². The van der Waals surface area contributed by atoms with E-state index in [2.05, 4.69) is 5.10 Å². The number of anilines is 1. The first-order valence-electron chi connectivity index (χ1n) is 14.0. The summed E-state index contributed by atoms with van der Waals surface area (Å²) in [5.74, 6) is -0.251. The molecule has 0 atom stereocenters. The second-order valence-electron chi connectivity index (χ2n) is 11.7. The maximum atomic E-state index is 14.3. The predicted molar refractivity (Wildman–Crippen MR) is 153 cm³/mol. The van der Waals surface area contributed by atoms with Crippen molar-refractivity contribution in [2.45, 2.75) is 52.1 Å². The van der Waals surface area contributed by atoms with Crippen LogP contribution < -0.4 is 4.90 Å². The van der Waals surface area contributed by atoms with E-state index in [9.17, 15) is 14.0 Å². The number of benzene rings is 2. The average Bonchev–Trinajstić information content (AvgIpc) is 3.38. The molecule has 2 fully saturated rings. The normalized spacial score (nSPS) is 16.8. The van der Waals surface area contributed by atoms with Crippen LogP contribution in [0.15, 0.2) is 54.7 Å². The number of carbonyl (C=O) groups excluding carboxylic acids is 2. The van der Waals surface area contributed by atoms with E-state index in [1.165, 1.54) is 6.07 Å². The summed E-state index contributed by atoms with van der Waals surface area (Å²) >= 11 is 0. The van der Waals surface area contributed by atoms with Crippen LogP contribution in [0.5, 0.6) is 0 Å². The van der Waals surface area contributed by atoms with E-state index in [1.807, 2.05) is 72.5 Å². The molecule has 0 N–H and O–H groups in total. The third-order valence-corrected chi connectivity index (χ3v) is 7.61. The highest BCUT2D eigenvalue weighted by molar-refractivity contribution is 5.95. The Balaban J connectivity index is 1.36. The number of aromatic nitrogens is 2. The van der Waals surface area contributed by atoms with Crippen LogP contribution in [0.3, 0.4) is 0 Å². The Morgan fingerprint density at radius 3 is 2.17 bits per heavy atom. The fourth-order valence-corrected chi connectivity index (χ4v) is 5.50. The van der Waals surface area contributed by atoms with Crippen LogP contribution in [-0.2, 0) is 4.74 Å². The molecule has 0 unspecified atom stereocenters. The quantitative estimate of drug-likeness (QED) is 0.438. The summed E-state index contributed by atoms with van der Waals surface area (Å²) < 4.78 is 21.8. The number of carbonyl (C=O) groups is 2. The highest BCUT2D eigenvalue weighted by Crippen LogP contribution is 2.34. The fraction of sp³-hybridized carbons (Fsp3) is 0.452. The monoisotopic (exact) mass is 547 g/mol. The molecule has 1 aromatic heterocycles. The highest BCUT2D eigenvalue weighted by Gasteiger charge is 2.34. The molecule has 2 aliphatic heterocycles. The Kier molecular flexibility index (Phi) is 7.83. The number of amides is 2. The Morgan fingerprint density at radius 2 is 1.55 bits per heavy atom. The molecular formula is C31H38FN5O3. The fourth-order valence-electron chi connectivity index (χ4n) is 5.50. The second kappa shape index (κ2) is 11.3. The lowest BCUT2D eigenvalue weighted by atomic mass is 9.90. The van der Waals surface area contributed by atoms with E-state index in [4.69, 9.17) is 4.74 Å². The molecule has 0 radical (unpaired) electrons. The average molecular weight is 548 g/mol. The van der Waals surface area contributed by atoms with E-state index in [-0.39, 0.29) is 23.7 Å². The van der Waals surface area contributed by atoms with Crippen LogP contribution in [0, 0.1) is 12.7 Å². The summed E-state index contributed by atoms with van der Waals surface area (Å²) in [4.78, 5) is 32.1. The van der Waals surface area contributed by atoms with Gasteiger partial charge in [-0.3, -0.25) is 4.79 Å². The van der Waals surface area contributed by atoms with Gasteiger partial charge in [0.15, 0.2) is 0 Å². The minimum atomic E-state index is -0.548. The van der Waals surface area contributed by atoms with Crippen molar-refractivity contribution in [3.05, 3.63) is 77.4 Å². The van der Waals surface area contributed by atoms with E-state index in [0.717, 1.165) is 16.9 Å². The molecule has 0 saturated carbocycles. The Labute approximate surface area is 235 Å². The first kappa shape index (κ1) is 27.7. The molecule has 2 aliphatic rings. The predicted octanol–water partition coefficient (Wildman–Crippen LogP) is 5.40. The van der Waals surface area contributed by atoms with Gasteiger partial charge in [-0.1, -0.05) is 29.8 Å². The van der Waals surface area contributed by atoms with Crippen LogP contribution in [0.2, 0.25) is 0 Å². The second-order valence-corrected chi connectivity index (χ2v) is 11.7. The molecule has 3 aromatic rings. The van der Waals surface area contributed by atoms with E-state index >= 15 is 0 Å². The van der Waals surface area contributed by atoms with E-state index in [1.54, 1.807) is 23.2 Å². The van der Waals surface area contributed by atoms with Crippen LogP contribution >= 0.6 is 0 Å². The van der Waals surface area contributed by atoms with Gasteiger partial charge in [0.1, 0.15) is 11.4 Å². The van der Waals surface area contributed by atoms with Gasteiger partial charge in [-0.25, -0.2) is 13.9 Å². The molecule has 0 spiro atoms. The van der Waals surface area contributed by atoms with Gasteiger partial charge in [-0.05, 0) is 64.8 Å². The molecule has 9 heteroatoms. The van der Waals surface area contributed by atoms with Crippen molar-refractivity contribution in [3.8, 4) is 5.69 Å². The first-order chi connectivity index (χ1) is 19.1. The number of hydrogen-bond acceptors (Lipinski definition) is 5. The largest absolute Gasteiger partial charge is 0.444 e. The number of halogens is 1. The summed E-state index contributed by atoms with van der Waals surface area (Å²) in [7, 11) is 0. The topological polar surface area (TPSA) is 70.9 Å². The zero-order valence-electron chi connectivity index (χ0n) is 23.8. The molecule has 2 amide bonds. The number of piperazine rings is 1. The maximum Gasteiger partial charge on any atom is 0.410 e.